The van der Waals surface area contributed by atoms with Gasteiger partial charge in [0.2, 0.25) is 0 Å². The molecule has 0 aliphatic carbocycles. The Labute approximate surface area is 116 Å². The van der Waals surface area contributed by atoms with Crippen LogP contribution in [0.15, 0.2) is 34.9 Å². The van der Waals surface area contributed by atoms with Gasteiger partial charge in [-0.3, -0.25) is 9.82 Å². The van der Waals surface area contributed by atoms with Crippen molar-refractivity contribution in [2.45, 2.75) is 32.9 Å². The molecule has 1 heterocycles. The number of pyridine rings is 1. The first-order valence-electron chi connectivity index (χ1n) is 5.90. The maximum atomic E-state index is 5.52. The number of hydroxylamine groups is 1. The molecule has 0 radical (unpaired) electrons. The van der Waals surface area contributed by atoms with Crippen molar-refractivity contribution in [3.05, 3.63) is 40.5 Å². The molecule has 0 aliphatic rings. The highest BCUT2D eigenvalue weighted by Gasteiger charge is 2.11. The van der Waals surface area contributed by atoms with Gasteiger partial charge in [0.1, 0.15) is 0 Å². The van der Waals surface area contributed by atoms with Gasteiger partial charge in [0.05, 0.1) is 11.1 Å². The number of nitrogens with one attached hydrogen (secondary N) is 1. The highest BCUT2D eigenvalue weighted by molar-refractivity contribution is 9.10. The van der Waals surface area contributed by atoms with E-state index in [1.165, 1.54) is 0 Å². The number of nitrogens with zero attached hydrogens (tertiary/aromatic N) is 1. The van der Waals surface area contributed by atoms with Gasteiger partial charge in [0, 0.05) is 22.6 Å². The Balaban J connectivity index is 2.21. The summed E-state index contributed by atoms with van der Waals surface area (Å²) in [6.07, 6.45) is 1.81. The van der Waals surface area contributed by atoms with E-state index in [1.807, 2.05) is 39.1 Å². The Bertz CT molecular complexity index is 549. The average molecular weight is 309 g/mol. The molecular formula is C14H17BrN2O. The monoisotopic (exact) mass is 308 g/mol. The number of benzene rings is 1. The minimum Gasteiger partial charge on any atom is -0.296 e. The van der Waals surface area contributed by atoms with E-state index in [-0.39, 0.29) is 5.60 Å². The summed E-state index contributed by atoms with van der Waals surface area (Å²) in [5.74, 6) is 0. The van der Waals surface area contributed by atoms with Crippen LogP contribution in [0.25, 0.3) is 10.9 Å². The number of rotatable bonds is 3. The van der Waals surface area contributed by atoms with E-state index >= 15 is 0 Å². The van der Waals surface area contributed by atoms with E-state index in [0.717, 1.165) is 20.9 Å². The second kappa shape index (κ2) is 5.34. The van der Waals surface area contributed by atoms with Gasteiger partial charge in [-0.15, -0.1) is 0 Å². The van der Waals surface area contributed by atoms with Crippen molar-refractivity contribution in [3.8, 4) is 0 Å². The summed E-state index contributed by atoms with van der Waals surface area (Å²) in [4.78, 5) is 9.95. The third-order valence-corrected chi connectivity index (χ3v) is 3.13. The zero-order chi connectivity index (χ0) is 13.2. The molecule has 0 spiro atoms. The van der Waals surface area contributed by atoms with Crippen molar-refractivity contribution in [2.75, 3.05) is 0 Å². The van der Waals surface area contributed by atoms with Crippen LogP contribution in [0.5, 0.6) is 0 Å². The van der Waals surface area contributed by atoms with Gasteiger partial charge in [-0.25, -0.2) is 0 Å². The second-order valence-corrected chi connectivity index (χ2v) is 6.00. The molecule has 1 aromatic carbocycles. The molecular weight excluding hydrogens is 292 g/mol. The van der Waals surface area contributed by atoms with Crippen LogP contribution in [-0.2, 0) is 11.4 Å². The predicted octanol–water partition coefficient (Wildman–Crippen LogP) is 3.82. The van der Waals surface area contributed by atoms with Gasteiger partial charge < -0.3 is 0 Å². The summed E-state index contributed by atoms with van der Waals surface area (Å²) in [6, 6.07) is 8.09. The molecule has 3 nitrogen and oxygen atoms in total. The third-order valence-electron chi connectivity index (χ3n) is 2.44. The Morgan fingerprint density at radius 3 is 2.78 bits per heavy atom. The van der Waals surface area contributed by atoms with E-state index in [9.17, 15) is 0 Å². The zero-order valence-corrected chi connectivity index (χ0v) is 12.4. The van der Waals surface area contributed by atoms with Crippen LogP contribution in [0.4, 0.5) is 0 Å². The van der Waals surface area contributed by atoms with Gasteiger partial charge in [-0.05, 0) is 38.5 Å². The van der Waals surface area contributed by atoms with Crippen molar-refractivity contribution in [1.29, 1.82) is 0 Å². The molecule has 0 saturated carbocycles. The van der Waals surface area contributed by atoms with Crippen molar-refractivity contribution < 1.29 is 4.84 Å². The Hall–Kier alpha value is -0.970. The lowest BCUT2D eigenvalue weighted by Crippen LogP contribution is -2.28. The van der Waals surface area contributed by atoms with Gasteiger partial charge in [-0.1, -0.05) is 28.1 Å². The van der Waals surface area contributed by atoms with Crippen molar-refractivity contribution >= 4 is 26.8 Å². The molecule has 0 atom stereocenters. The minimum atomic E-state index is -0.196. The topological polar surface area (TPSA) is 34.1 Å². The molecule has 0 fully saturated rings. The van der Waals surface area contributed by atoms with E-state index in [4.69, 9.17) is 4.84 Å². The number of aromatic nitrogens is 1. The van der Waals surface area contributed by atoms with Crippen LogP contribution in [0.1, 0.15) is 26.3 Å². The van der Waals surface area contributed by atoms with E-state index in [1.54, 1.807) is 0 Å². The molecule has 0 unspecified atom stereocenters. The molecule has 0 amide bonds. The molecule has 4 heteroatoms. The van der Waals surface area contributed by atoms with Crippen molar-refractivity contribution in [3.63, 3.8) is 0 Å². The first-order chi connectivity index (χ1) is 8.47. The highest BCUT2D eigenvalue weighted by Crippen LogP contribution is 2.25. The number of hydrogen-bond acceptors (Lipinski definition) is 3. The Morgan fingerprint density at radius 1 is 1.28 bits per heavy atom. The maximum absolute atomic E-state index is 5.52. The number of hydrogen-bond donors (Lipinski definition) is 1. The Morgan fingerprint density at radius 2 is 2.06 bits per heavy atom. The first kappa shape index (κ1) is 13.5. The summed E-state index contributed by atoms with van der Waals surface area (Å²) in [5.41, 5.74) is 4.92. The fourth-order valence-corrected chi connectivity index (χ4v) is 2.12. The SMILES string of the molecule is CC(C)(C)ONCc1ccc(Br)c2cccnc12. The normalized spacial score (nSPS) is 12.0. The first-order valence-corrected chi connectivity index (χ1v) is 6.70. The van der Waals surface area contributed by atoms with E-state index in [2.05, 4.69) is 38.5 Å². The summed E-state index contributed by atoms with van der Waals surface area (Å²) in [6.45, 7) is 6.67. The van der Waals surface area contributed by atoms with Crippen LogP contribution in [-0.4, -0.2) is 10.6 Å². The number of halogens is 1. The average Bonchev–Trinajstić information content (AvgIpc) is 2.31. The van der Waals surface area contributed by atoms with Gasteiger partial charge >= 0.3 is 0 Å². The molecule has 2 rings (SSSR count). The minimum absolute atomic E-state index is 0.196. The molecule has 96 valence electrons. The largest absolute Gasteiger partial charge is 0.296 e. The molecule has 1 aromatic heterocycles. The lowest BCUT2D eigenvalue weighted by molar-refractivity contribution is -0.0756. The molecule has 1 N–H and O–H groups in total. The second-order valence-electron chi connectivity index (χ2n) is 5.14. The van der Waals surface area contributed by atoms with Crippen molar-refractivity contribution in [1.82, 2.24) is 10.5 Å². The quantitative estimate of drug-likeness (QED) is 0.875. The molecule has 0 saturated heterocycles. The van der Waals surface area contributed by atoms with Gasteiger partial charge in [0.25, 0.3) is 0 Å². The lowest BCUT2D eigenvalue weighted by atomic mass is 10.1. The lowest BCUT2D eigenvalue weighted by Gasteiger charge is -2.19. The fourth-order valence-electron chi connectivity index (χ4n) is 1.67. The highest BCUT2D eigenvalue weighted by atomic mass is 79.9. The van der Waals surface area contributed by atoms with E-state index < -0.39 is 0 Å². The summed E-state index contributed by atoms with van der Waals surface area (Å²) in [7, 11) is 0. The predicted molar refractivity (Wildman–Crippen MR) is 77.1 cm³/mol. The summed E-state index contributed by atoms with van der Waals surface area (Å²) < 4.78 is 1.06. The standard InChI is InChI=1S/C14H17BrN2O/c1-14(2,3)18-17-9-10-6-7-12(15)11-5-4-8-16-13(10)11/h4-8,17H,9H2,1-3H3. The van der Waals surface area contributed by atoms with Gasteiger partial charge in [-0.2, -0.15) is 5.48 Å². The van der Waals surface area contributed by atoms with Crippen LogP contribution >= 0.6 is 15.9 Å². The van der Waals surface area contributed by atoms with Gasteiger partial charge in [0.15, 0.2) is 0 Å². The zero-order valence-electron chi connectivity index (χ0n) is 10.8. The smallest absolute Gasteiger partial charge is 0.0813 e. The van der Waals surface area contributed by atoms with Crippen LogP contribution < -0.4 is 5.48 Å². The van der Waals surface area contributed by atoms with Crippen LogP contribution in [0.2, 0.25) is 0 Å². The van der Waals surface area contributed by atoms with E-state index in [0.29, 0.717) is 6.54 Å². The Kier molecular flexibility index (Phi) is 4.00. The maximum Gasteiger partial charge on any atom is 0.0813 e. The number of fused-ring (bicyclic) bond motifs is 1. The fraction of sp³-hybridized carbons (Fsp3) is 0.357. The van der Waals surface area contributed by atoms with Crippen LogP contribution in [0.3, 0.4) is 0 Å². The summed E-state index contributed by atoms with van der Waals surface area (Å²) >= 11 is 3.54. The van der Waals surface area contributed by atoms with Crippen molar-refractivity contribution in [2.24, 2.45) is 0 Å². The van der Waals surface area contributed by atoms with Crippen LogP contribution in [0, 0.1) is 0 Å². The molecule has 0 bridgehead atoms. The molecule has 2 aromatic rings. The molecule has 18 heavy (non-hydrogen) atoms. The summed E-state index contributed by atoms with van der Waals surface area (Å²) in [5, 5.41) is 1.12. The third kappa shape index (κ3) is 3.28. The molecule has 0 aliphatic heterocycles.